The van der Waals surface area contributed by atoms with Crippen molar-refractivity contribution in [1.82, 2.24) is 0 Å². The molecule has 1 fully saturated rings. The lowest BCUT2D eigenvalue weighted by atomic mass is 10.0. The number of carbonyl (C=O) groups excluding carboxylic acids is 2. The van der Waals surface area contributed by atoms with Crippen LogP contribution in [0, 0.1) is 0 Å². The van der Waals surface area contributed by atoms with Gasteiger partial charge in [0, 0.05) is 5.02 Å². The highest BCUT2D eigenvalue weighted by atomic mass is 35.5. The molecule has 0 spiro atoms. The van der Waals surface area contributed by atoms with E-state index in [0.29, 0.717) is 22.5 Å². The van der Waals surface area contributed by atoms with Crippen LogP contribution in [0.2, 0.25) is 5.02 Å². The quantitative estimate of drug-likeness (QED) is 0.722. The number of halogens is 1. The van der Waals surface area contributed by atoms with E-state index in [2.05, 4.69) is 0 Å². The van der Waals surface area contributed by atoms with E-state index in [1.54, 1.807) is 18.2 Å². The van der Waals surface area contributed by atoms with Crippen molar-refractivity contribution in [3.05, 3.63) is 57.5 Å². The van der Waals surface area contributed by atoms with Gasteiger partial charge in [0.25, 0.3) is 11.1 Å². The molecular weight excluding hydrogens is 406 g/mol. The Kier molecular flexibility index (Phi) is 5.62. The summed E-state index contributed by atoms with van der Waals surface area (Å²) in [6, 6.07) is 9.35. The van der Waals surface area contributed by atoms with Gasteiger partial charge >= 0.3 is 5.97 Å². The summed E-state index contributed by atoms with van der Waals surface area (Å²) in [5.74, 6) is -1.55. The fourth-order valence-corrected chi connectivity index (χ4v) is 3.75. The predicted molar refractivity (Wildman–Crippen MR) is 106 cm³/mol. The van der Waals surface area contributed by atoms with E-state index < -0.39 is 17.1 Å². The van der Waals surface area contributed by atoms with Gasteiger partial charge < -0.3 is 14.6 Å². The van der Waals surface area contributed by atoms with E-state index in [-0.39, 0.29) is 27.5 Å². The zero-order chi connectivity index (χ0) is 20.4. The maximum atomic E-state index is 12.8. The van der Waals surface area contributed by atoms with Crippen LogP contribution >= 0.6 is 23.4 Å². The molecule has 2 amide bonds. The van der Waals surface area contributed by atoms with Crippen LogP contribution in [0.4, 0.5) is 10.5 Å². The van der Waals surface area contributed by atoms with Crippen LogP contribution in [-0.4, -0.2) is 36.4 Å². The summed E-state index contributed by atoms with van der Waals surface area (Å²) in [4.78, 5) is 38.0. The van der Waals surface area contributed by atoms with Crippen LogP contribution in [0.25, 0.3) is 6.08 Å². The van der Waals surface area contributed by atoms with Gasteiger partial charge in [0.05, 0.1) is 24.8 Å². The molecule has 1 saturated heterocycles. The number of aromatic carboxylic acids is 1. The molecule has 0 atom stereocenters. The average Bonchev–Trinajstić information content (AvgIpc) is 2.94. The highest BCUT2D eigenvalue weighted by Crippen LogP contribution is 2.39. The Labute approximate surface area is 169 Å². The van der Waals surface area contributed by atoms with Crippen molar-refractivity contribution in [3.63, 3.8) is 0 Å². The Bertz CT molecular complexity index is 1020. The summed E-state index contributed by atoms with van der Waals surface area (Å²) in [6.07, 6.45) is 1.35. The standard InChI is InChI=1S/C19H14ClNO6S/c1-26-13-7-6-10(15(18(23)24)16(13)27-2)8-14-17(22)21(19(25)28-14)12-5-3-4-11(20)9-12/h3-9H,1-2H3,(H,23,24)/b14-8+. The number of methoxy groups -OCH3 is 2. The molecule has 0 radical (unpaired) electrons. The number of hydrogen-bond donors (Lipinski definition) is 1. The fourth-order valence-electron chi connectivity index (χ4n) is 2.73. The molecular formula is C19H14ClNO6S. The Hall–Kier alpha value is -2.97. The Morgan fingerprint density at radius 1 is 1.18 bits per heavy atom. The lowest BCUT2D eigenvalue weighted by molar-refractivity contribution is -0.113. The van der Waals surface area contributed by atoms with Gasteiger partial charge in [-0.3, -0.25) is 9.59 Å². The van der Waals surface area contributed by atoms with Gasteiger partial charge in [-0.2, -0.15) is 0 Å². The van der Waals surface area contributed by atoms with Crippen molar-refractivity contribution in [1.29, 1.82) is 0 Å². The molecule has 28 heavy (non-hydrogen) atoms. The largest absolute Gasteiger partial charge is 0.493 e. The van der Waals surface area contributed by atoms with E-state index in [1.165, 1.54) is 38.5 Å². The molecule has 1 N–H and O–H groups in total. The third kappa shape index (κ3) is 3.56. The number of carboxylic acid groups (broad SMARTS) is 1. The minimum absolute atomic E-state index is 0.0258. The SMILES string of the molecule is COc1ccc(/C=C2/SC(=O)N(c3cccc(Cl)c3)C2=O)c(C(=O)O)c1OC. The van der Waals surface area contributed by atoms with Crippen LogP contribution in [-0.2, 0) is 4.79 Å². The van der Waals surface area contributed by atoms with E-state index in [1.807, 2.05) is 0 Å². The van der Waals surface area contributed by atoms with Crippen LogP contribution < -0.4 is 14.4 Å². The van der Waals surface area contributed by atoms with Crippen LogP contribution in [0.3, 0.4) is 0 Å². The number of benzene rings is 2. The molecule has 9 heteroatoms. The summed E-state index contributed by atoms with van der Waals surface area (Å²) in [5, 5.41) is 9.48. The summed E-state index contributed by atoms with van der Waals surface area (Å²) >= 11 is 6.65. The Balaban J connectivity index is 2.06. The number of carbonyl (C=O) groups is 3. The number of carboxylic acids is 1. The second kappa shape index (κ2) is 7.95. The third-order valence-corrected chi connectivity index (χ3v) is 5.04. The predicted octanol–water partition coefficient (Wildman–Crippen LogP) is 4.30. The number of anilines is 1. The highest BCUT2D eigenvalue weighted by Gasteiger charge is 2.36. The summed E-state index contributed by atoms with van der Waals surface area (Å²) in [6.45, 7) is 0. The lowest BCUT2D eigenvalue weighted by Gasteiger charge is -2.13. The van der Waals surface area contributed by atoms with Gasteiger partial charge in [-0.25, -0.2) is 9.69 Å². The summed E-state index contributed by atoms with van der Waals surface area (Å²) in [7, 11) is 2.71. The minimum atomic E-state index is -1.25. The Morgan fingerprint density at radius 3 is 2.54 bits per heavy atom. The van der Waals surface area contributed by atoms with Gasteiger partial charge in [0.2, 0.25) is 0 Å². The summed E-state index contributed by atoms with van der Waals surface area (Å²) in [5.41, 5.74) is 0.377. The zero-order valence-corrected chi connectivity index (χ0v) is 16.3. The van der Waals surface area contributed by atoms with Crippen molar-refractivity contribution in [2.45, 2.75) is 0 Å². The van der Waals surface area contributed by atoms with E-state index in [4.69, 9.17) is 21.1 Å². The molecule has 0 bridgehead atoms. The second-order valence-electron chi connectivity index (χ2n) is 5.57. The molecule has 2 aromatic rings. The maximum Gasteiger partial charge on any atom is 0.340 e. The number of imide groups is 1. The molecule has 1 aliphatic rings. The topological polar surface area (TPSA) is 93.1 Å². The molecule has 0 unspecified atom stereocenters. The molecule has 7 nitrogen and oxygen atoms in total. The number of ether oxygens (including phenoxy) is 2. The first-order valence-electron chi connectivity index (χ1n) is 7.89. The van der Waals surface area contributed by atoms with E-state index >= 15 is 0 Å². The van der Waals surface area contributed by atoms with Crippen molar-refractivity contribution in [2.75, 3.05) is 19.1 Å². The maximum absolute atomic E-state index is 12.8. The third-order valence-electron chi connectivity index (χ3n) is 3.94. The minimum Gasteiger partial charge on any atom is -0.493 e. The Morgan fingerprint density at radius 2 is 1.93 bits per heavy atom. The van der Waals surface area contributed by atoms with Crippen molar-refractivity contribution < 1.29 is 29.0 Å². The van der Waals surface area contributed by atoms with Crippen LogP contribution in [0.15, 0.2) is 41.3 Å². The van der Waals surface area contributed by atoms with Gasteiger partial charge in [-0.05, 0) is 47.7 Å². The highest BCUT2D eigenvalue weighted by molar-refractivity contribution is 8.19. The molecule has 0 saturated carbocycles. The van der Waals surface area contributed by atoms with E-state index in [0.717, 1.165) is 4.90 Å². The average molecular weight is 420 g/mol. The van der Waals surface area contributed by atoms with Crippen LogP contribution in [0.1, 0.15) is 15.9 Å². The normalized spacial score (nSPS) is 15.2. The fraction of sp³-hybridized carbons (Fsp3) is 0.105. The molecule has 2 aromatic carbocycles. The van der Waals surface area contributed by atoms with E-state index in [9.17, 15) is 19.5 Å². The molecule has 0 aromatic heterocycles. The number of hydrogen-bond acceptors (Lipinski definition) is 6. The monoisotopic (exact) mass is 419 g/mol. The number of nitrogens with zero attached hydrogens (tertiary/aromatic N) is 1. The number of thioether (sulfide) groups is 1. The van der Waals surface area contributed by atoms with Gasteiger partial charge in [0.1, 0.15) is 5.56 Å². The first-order valence-corrected chi connectivity index (χ1v) is 9.08. The molecule has 0 aliphatic carbocycles. The molecule has 1 heterocycles. The number of rotatable bonds is 5. The second-order valence-corrected chi connectivity index (χ2v) is 7.00. The molecule has 1 aliphatic heterocycles. The van der Waals surface area contributed by atoms with Crippen molar-refractivity contribution in [2.24, 2.45) is 0 Å². The van der Waals surface area contributed by atoms with Gasteiger partial charge in [-0.1, -0.05) is 23.7 Å². The zero-order valence-electron chi connectivity index (χ0n) is 14.8. The van der Waals surface area contributed by atoms with Gasteiger partial charge in [0.15, 0.2) is 11.5 Å². The van der Waals surface area contributed by atoms with Gasteiger partial charge in [-0.15, -0.1) is 0 Å². The first-order chi connectivity index (χ1) is 13.4. The van der Waals surface area contributed by atoms with Crippen molar-refractivity contribution >= 4 is 52.2 Å². The van der Waals surface area contributed by atoms with Crippen LogP contribution in [0.5, 0.6) is 11.5 Å². The first kappa shape index (κ1) is 19.8. The molecule has 144 valence electrons. The number of amides is 2. The summed E-state index contributed by atoms with van der Waals surface area (Å²) < 4.78 is 10.3. The smallest absolute Gasteiger partial charge is 0.340 e. The lowest BCUT2D eigenvalue weighted by Crippen LogP contribution is -2.27. The van der Waals surface area contributed by atoms with Crippen molar-refractivity contribution in [3.8, 4) is 11.5 Å². The molecule has 3 rings (SSSR count).